The lowest BCUT2D eigenvalue weighted by atomic mass is 9.92. The lowest BCUT2D eigenvalue weighted by Crippen LogP contribution is -2.43. The molecule has 1 aromatic heterocycles. The maximum Gasteiger partial charge on any atom is 0.224 e. The Kier molecular flexibility index (Phi) is 6.32. The van der Waals surface area contributed by atoms with Gasteiger partial charge in [-0.1, -0.05) is 32.0 Å². The number of nitrogens with zero attached hydrogens (tertiary/aromatic N) is 3. The Morgan fingerprint density at radius 3 is 2.48 bits per heavy atom. The number of piperidine rings is 1. The fraction of sp³-hybridized carbons (Fsp3) is 0.545. The fourth-order valence-electron chi connectivity index (χ4n) is 4.30. The van der Waals surface area contributed by atoms with Crippen LogP contribution >= 0.6 is 0 Å². The monoisotopic (exact) mass is 368 g/mol. The molecule has 1 aliphatic heterocycles. The number of nitrogens with one attached hydrogen (secondary N) is 1. The van der Waals surface area contributed by atoms with Crippen LogP contribution in [0.1, 0.15) is 37.2 Å². The van der Waals surface area contributed by atoms with Crippen molar-refractivity contribution in [3.8, 4) is 5.69 Å². The zero-order valence-corrected chi connectivity index (χ0v) is 17.0. The van der Waals surface area contributed by atoms with Crippen LogP contribution in [0.3, 0.4) is 0 Å². The Balaban J connectivity index is 1.55. The highest BCUT2D eigenvalue weighted by atomic mass is 16.1. The van der Waals surface area contributed by atoms with Gasteiger partial charge in [0.15, 0.2) is 0 Å². The lowest BCUT2D eigenvalue weighted by molar-refractivity contribution is -0.120. The number of amides is 1. The van der Waals surface area contributed by atoms with E-state index in [2.05, 4.69) is 29.2 Å². The molecule has 27 heavy (non-hydrogen) atoms. The zero-order chi connectivity index (χ0) is 19.4. The molecule has 0 spiro atoms. The predicted molar refractivity (Wildman–Crippen MR) is 109 cm³/mol. The summed E-state index contributed by atoms with van der Waals surface area (Å²) in [7, 11) is 0. The van der Waals surface area contributed by atoms with Crippen molar-refractivity contribution in [2.45, 2.75) is 40.5 Å². The van der Waals surface area contributed by atoms with Gasteiger partial charge in [0.05, 0.1) is 17.8 Å². The van der Waals surface area contributed by atoms with Gasteiger partial charge in [-0.2, -0.15) is 5.10 Å². The Bertz CT molecular complexity index is 758. The first-order valence-corrected chi connectivity index (χ1v) is 10.0. The van der Waals surface area contributed by atoms with E-state index in [9.17, 15) is 4.79 Å². The van der Waals surface area contributed by atoms with E-state index in [0.717, 1.165) is 54.1 Å². The summed E-state index contributed by atoms with van der Waals surface area (Å²) in [4.78, 5) is 14.9. The highest BCUT2D eigenvalue weighted by Gasteiger charge is 2.21. The summed E-state index contributed by atoms with van der Waals surface area (Å²) in [6.07, 6.45) is 1.70. The van der Waals surface area contributed by atoms with Gasteiger partial charge in [0, 0.05) is 37.4 Å². The van der Waals surface area contributed by atoms with Crippen LogP contribution < -0.4 is 5.32 Å². The average molecular weight is 369 g/mol. The van der Waals surface area contributed by atoms with Crippen LogP contribution in [0.15, 0.2) is 30.3 Å². The average Bonchev–Trinajstić information content (AvgIpc) is 2.90. The van der Waals surface area contributed by atoms with Crippen molar-refractivity contribution in [3.05, 3.63) is 47.3 Å². The Morgan fingerprint density at radius 1 is 1.15 bits per heavy atom. The molecule has 2 atom stereocenters. The van der Waals surface area contributed by atoms with Gasteiger partial charge in [0.1, 0.15) is 0 Å². The Morgan fingerprint density at radius 2 is 1.81 bits per heavy atom. The van der Waals surface area contributed by atoms with Gasteiger partial charge in [0.25, 0.3) is 0 Å². The summed E-state index contributed by atoms with van der Waals surface area (Å²) in [5.74, 6) is 1.57. The number of hydrogen-bond donors (Lipinski definition) is 1. The first kappa shape index (κ1) is 19.6. The summed E-state index contributed by atoms with van der Waals surface area (Å²) in [6, 6.07) is 10.1. The van der Waals surface area contributed by atoms with Crippen LogP contribution in [-0.4, -0.2) is 46.8 Å². The van der Waals surface area contributed by atoms with E-state index < -0.39 is 0 Å². The second-order valence-corrected chi connectivity index (χ2v) is 8.13. The first-order chi connectivity index (χ1) is 12.9. The molecule has 1 aliphatic rings. The fourth-order valence-corrected chi connectivity index (χ4v) is 4.30. The molecule has 1 N–H and O–H groups in total. The van der Waals surface area contributed by atoms with Crippen molar-refractivity contribution in [1.82, 2.24) is 20.0 Å². The van der Waals surface area contributed by atoms with Gasteiger partial charge in [0.2, 0.25) is 5.91 Å². The van der Waals surface area contributed by atoms with Crippen molar-refractivity contribution < 1.29 is 4.79 Å². The molecule has 5 nitrogen and oxygen atoms in total. The van der Waals surface area contributed by atoms with E-state index in [-0.39, 0.29) is 5.91 Å². The molecule has 0 bridgehead atoms. The zero-order valence-electron chi connectivity index (χ0n) is 17.0. The molecule has 0 saturated carbocycles. The highest BCUT2D eigenvalue weighted by Crippen LogP contribution is 2.20. The third kappa shape index (κ3) is 4.98. The third-order valence-corrected chi connectivity index (χ3v) is 5.47. The van der Waals surface area contributed by atoms with Gasteiger partial charge in [-0.3, -0.25) is 4.79 Å². The van der Waals surface area contributed by atoms with Crippen molar-refractivity contribution in [1.29, 1.82) is 0 Å². The second-order valence-electron chi connectivity index (χ2n) is 8.13. The number of carbonyl (C=O) groups excluding carboxylic acids is 1. The summed E-state index contributed by atoms with van der Waals surface area (Å²) in [5, 5.41) is 7.73. The number of aromatic nitrogens is 2. The molecule has 0 unspecified atom stereocenters. The molecule has 2 heterocycles. The molecule has 5 heteroatoms. The molecular weight excluding hydrogens is 336 g/mol. The van der Waals surface area contributed by atoms with Gasteiger partial charge >= 0.3 is 0 Å². The molecule has 3 rings (SSSR count). The molecule has 2 aromatic rings. The molecule has 146 valence electrons. The number of rotatable bonds is 6. The normalized spacial score (nSPS) is 20.6. The van der Waals surface area contributed by atoms with Crippen LogP contribution in [0.4, 0.5) is 0 Å². The SMILES string of the molecule is Cc1nn(-c2ccccc2)c(C)c1CC(=O)NCCN1C[C@H](C)C[C@H](C)C1. The van der Waals surface area contributed by atoms with E-state index in [1.54, 1.807) is 0 Å². The standard InChI is InChI=1S/C22H32N4O/c1-16-12-17(2)15-25(14-16)11-10-23-22(27)13-21-18(3)24-26(19(21)4)20-8-6-5-7-9-20/h5-9,16-17H,10-15H2,1-4H3,(H,23,27)/t16-,17+. The number of benzene rings is 1. The van der Waals surface area contributed by atoms with Crippen LogP contribution in [0.5, 0.6) is 0 Å². The van der Waals surface area contributed by atoms with Gasteiger partial charge in [-0.25, -0.2) is 4.68 Å². The van der Waals surface area contributed by atoms with E-state index in [1.165, 1.54) is 6.42 Å². The van der Waals surface area contributed by atoms with Crippen molar-refractivity contribution in [2.24, 2.45) is 11.8 Å². The summed E-state index contributed by atoms with van der Waals surface area (Å²) in [6.45, 7) is 12.6. The minimum absolute atomic E-state index is 0.0759. The number of likely N-dealkylation sites (tertiary alicyclic amines) is 1. The lowest BCUT2D eigenvalue weighted by Gasteiger charge is -2.34. The first-order valence-electron chi connectivity index (χ1n) is 10.0. The number of aryl methyl sites for hydroxylation is 1. The number of para-hydroxylation sites is 1. The summed E-state index contributed by atoms with van der Waals surface area (Å²) in [5.41, 5.74) is 4.01. The number of hydrogen-bond acceptors (Lipinski definition) is 3. The van der Waals surface area contributed by atoms with Crippen molar-refractivity contribution in [3.63, 3.8) is 0 Å². The molecule has 1 saturated heterocycles. The molecule has 1 fully saturated rings. The Labute approximate surface area is 162 Å². The molecule has 0 radical (unpaired) electrons. The molecule has 1 aromatic carbocycles. The van der Waals surface area contributed by atoms with Gasteiger partial charge < -0.3 is 10.2 Å². The third-order valence-electron chi connectivity index (χ3n) is 5.47. The summed E-state index contributed by atoms with van der Waals surface area (Å²) < 4.78 is 1.93. The van der Waals surface area contributed by atoms with Crippen LogP contribution in [0.25, 0.3) is 5.69 Å². The summed E-state index contributed by atoms with van der Waals surface area (Å²) >= 11 is 0. The van der Waals surface area contributed by atoms with E-state index in [1.807, 2.05) is 48.9 Å². The topological polar surface area (TPSA) is 50.2 Å². The minimum Gasteiger partial charge on any atom is -0.355 e. The molecular formula is C22H32N4O. The Hall–Kier alpha value is -2.14. The van der Waals surface area contributed by atoms with E-state index >= 15 is 0 Å². The van der Waals surface area contributed by atoms with E-state index in [4.69, 9.17) is 0 Å². The van der Waals surface area contributed by atoms with Crippen molar-refractivity contribution in [2.75, 3.05) is 26.2 Å². The predicted octanol–water partition coefficient (Wildman–Crippen LogP) is 3.13. The van der Waals surface area contributed by atoms with Crippen LogP contribution in [0, 0.1) is 25.7 Å². The van der Waals surface area contributed by atoms with E-state index in [0.29, 0.717) is 13.0 Å². The van der Waals surface area contributed by atoms with Gasteiger partial charge in [-0.05, 0) is 44.2 Å². The minimum atomic E-state index is 0.0759. The maximum atomic E-state index is 12.5. The van der Waals surface area contributed by atoms with Gasteiger partial charge in [-0.15, -0.1) is 0 Å². The maximum absolute atomic E-state index is 12.5. The van der Waals surface area contributed by atoms with Crippen molar-refractivity contribution >= 4 is 5.91 Å². The highest BCUT2D eigenvalue weighted by molar-refractivity contribution is 5.79. The van der Waals surface area contributed by atoms with Crippen LogP contribution in [0.2, 0.25) is 0 Å². The number of carbonyl (C=O) groups is 1. The smallest absolute Gasteiger partial charge is 0.224 e. The second kappa shape index (κ2) is 8.70. The molecule has 1 amide bonds. The quantitative estimate of drug-likeness (QED) is 0.852. The van der Waals surface area contributed by atoms with Crippen LogP contribution in [-0.2, 0) is 11.2 Å². The largest absolute Gasteiger partial charge is 0.355 e. The molecule has 0 aliphatic carbocycles.